The molecule has 258 valence electrons. The number of carbonyl (C=O) groups is 6. The van der Waals surface area contributed by atoms with Crippen molar-refractivity contribution in [1.82, 2.24) is 31.9 Å². The minimum atomic E-state index is -0.655. The molecule has 1 fully saturated rings. The lowest BCUT2D eigenvalue weighted by Crippen LogP contribution is -2.47. The van der Waals surface area contributed by atoms with Crippen molar-refractivity contribution >= 4 is 36.0 Å². The third-order valence-electron chi connectivity index (χ3n) is 6.10. The molecule has 6 N–H and O–H groups in total. The Hall–Kier alpha value is -3.78. The van der Waals surface area contributed by atoms with Crippen molar-refractivity contribution in [3.8, 4) is 0 Å². The lowest BCUT2D eigenvalue weighted by atomic mass is 9.74. The minimum absolute atomic E-state index is 0.134. The summed E-state index contributed by atoms with van der Waals surface area (Å²) in [7, 11) is 0. The summed E-state index contributed by atoms with van der Waals surface area (Å²) >= 11 is 0. The Labute approximate surface area is 266 Å². The maximum absolute atomic E-state index is 13.1. The van der Waals surface area contributed by atoms with E-state index in [2.05, 4.69) is 31.9 Å². The van der Waals surface area contributed by atoms with Gasteiger partial charge in [0.2, 0.25) is 17.7 Å². The number of hydrogen-bond acceptors (Lipinski definition) is 9. The minimum Gasteiger partial charge on any atom is -0.444 e. The fourth-order valence-electron chi connectivity index (χ4n) is 4.39. The predicted molar refractivity (Wildman–Crippen MR) is 166 cm³/mol. The molecule has 6 amide bonds. The number of alkyl carbamates (subject to hydrolysis) is 3. The van der Waals surface area contributed by atoms with Crippen LogP contribution < -0.4 is 31.9 Å². The largest absolute Gasteiger partial charge is 0.444 e. The van der Waals surface area contributed by atoms with Crippen LogP contribution in [-0.2, 0) is 28.6 Å². The average molecular weight is 643 g/mol. The van der Waals surface area contributed by atoms with Gasteiger partial charge in [0.1, 0.15) is 16.8 Å². The molecule has 0 radical (unpaired) electrons. The van der Waals surface area contributed by atoms with Crippen LogP contribution in [0.1, 0.15) is 81.6 Å². The van der Waals surface area contributed by atoms with Gasteiger partial charge in [0.05, 0.1) is 0 Å². The molecule has 1 aliphatic rings. The van der Waals surface area contributed by atoms with Crippen LogP contribution in [-0.4, -0.2) is 92.1 Å². The molecule has 0 spiro atoms. The molecular weight excluding hydrogens is 588 g/mol. The Morgan fingerprint density at radius 2 is 0.622 bits per heavy atom. The van der Waals surface area contributed by atoms with Crippen molar-refractivity contribution in [3.05, 3.63) is 0 Å². The lowest BCUT2D eigenvalue weighted by molar-refractivity contribution is -0.135. The fourth-order valence-corrected chi connectivity index (χ4v) is 4.39. The summed E-state index contributed by atoms with van der Waals surface area (Å²) in [5.41, 5.74) is -1.96. The van der Waals surface area contributed by atoms with E-state index in [4.69, 9.17) is 14.2 Å². The van der Waals surface area contributed by atoms with Gasteiger partial charge in [-0.2, -0.15) is 0 Å². The standard InChI is InChI=1S/C30H54N6O9/c1-28(2,3)43-25(40)34-13-10-31-22(37)19-16-20(23(38)32-11-14-35-26(41)44-29(4,5)6)18-21(17-19)24(39)33-12-15-36-27(42)45-30(7,8)9/h19-21H,10-18H2,1-9H3,(H,31,37)(H,32,38)(H,33,39)(H,34,40)(H,35,41)(H,36,42). The first-order valence-corrected chi connectivity index (χ1v) is 15.4. The third-order valence-corrected chi connectivity index (χ3v) is 6.10. The Morgan fingerprint density at radius 3 is 0.822 bits per heavy atom. The number of hydrogen-bond donors (Lipinski definition) is 6. The highest BCUT2D eigenvalue weighted by atomic mass is 16.6. The normalized spacial score (nSPS) is 18.5. The van der Waals surface area contributed by atoms with Gasteiger partial charge >= 0.3 is 18.3 Å². The quantitative estimate of drug-likeness (QED) is 0.136. The molecule has 15 nitrogen and oxygen atoms in total. The zero-order chi connectivity index (χ0) is 34.4. The Bertz CT molecular complexity index is 896. The maximum Gasteiger partial charge on any atom is 0.407 e. The zero-order valence-corrected chi connectivity index (χ0v) is 28.3. The Kier molecular flexibility index (Phi) is 15.4. The number of ether oxygens (including phenoxy) is 3. The monoisotopic (exact) mass is 642 g/mol. The van der Waals surface area contributed by atoms with Gasteiger partial charge < -0.3 is 46.1 Å². The van der Waals surface area contributed by atoms with Gasteiger partial charge in [-0.15, -0.1) is 0 Å². The van der Waals surface area contributed by atoms with Gasteiger partial charge in [-0.25, -0.2) is 14.4 Å². The highest BCUT2D eigenvalue weighted by molar-refractivity contribution is 5.86. The van der Waals surface area contributed by atoms with E-state index < -0.39 is 52.8 Å². The van der Waals surface area contributed by atoms with Crippen molar-refractivity contribution in [2.75, 3.05) is 39.3 Å². The third kappa shape index (κ3) is 18.6. The van der Waals surface area contributed by atoms with E-state index in [0.717, 1.165) is 0 Å². The van der Waals surface area contributed by atoms with Crippen molar-refractivity contribution in [1.29, 1.82) is 0 Å². The molecule has 0 aromatic rings. The van der Waals surface area contributed by atoms with Gasteiger partial charge in [-0.05, 0) is 81.6 Å². The first kappa shape index (κ1) is 39.2. The van der Waals surface area contributed by atoms with Gasteiger partial charge in [-0.1, -0.05) is 0 Å². The van der Waals surface area contributed by atoms with Gasteiger partial charge in [0.15, 0.2) is 0 Å². The summed E-state index contributed by atoms with van der Waals surface area (Å²) in [6.07, 6.45) is -1.15. The highest BCUT2D eigenvalue weighted by Crippen LogP contribution is 2.34. The summed E-state index contributed by atoms with van der Waals surface area (Å²) in [5, 5.41) is 16.0. The number of amides is 6. The molecule has 0 bridgehead atoms. The van der Waals surface area contributed by atoms with Crippen molar-refractivity contribution in [2.45, 2.75) is 98.4 Å². The molecule has 0 saturated heterocycles. The average Bonchev–Trinajstić information content (AvgIpc) is 2.87. The van der Waals surface area contributed by atoms with Gasteiger partial charge in [0.25, 0.3) is 0 Å². The summed E-state index contributed by atoms with van der Waals surface area (Å²) < 4.78 is 15.5. The van der Waals surface area contributed by atoms with Crippen LogP contribution in [0.5, 0.6) is 0 Å². The fraction of sp³-hybridized carbons (Fsp3) is 0.800. The van der Waals surface area contributed by atoms with Crippen LogP contribution in [0, 0.1) is 17.8 Å². The first-order chi connectivity index (χ1) is 20.6. The molecule has 15 heteroatoms. The lowest BCUT2D eigenvalue weighted by Gasteiger charge is -2.33. The molecule has 1 aliphatic carbocycles. The van der Waals surface area contributed by atoms with Crippen LogP contribution in [0.2, 0.25) is 0 Å². The van der Waals surface area contributed by atoms with Gasteiger partial charge in [-0.3, -0.25) is 14.4 Å². The highest BCUT2D eigenvalue weighted by Gasteiger charge is 2.39. The molecule has 0 aliphatic heterocycles. The van der Waals surface area contributed by atoms with E-state index in [-0.39, 0.29) is 76.3 Å². The molecule has 0 aromatic carbocycles. The molecule has 0 aromatic heterocycles. The molecular formula is C30H54N6O9. The van der Waals surface area contributed by atoms with Crippen molar-refractivity contribution in [3.63, 3.8) is 0 Å². The second-order valence-corrected chi connectivity index (χ2v) is 14.0. The molecule has 0 unspecified atom stereocenters. The second kappa shape index (κ2) is 17.6. The summed E-state index contributed by atoms with van der Waals surface area (Å²) in [4.78, 5) is 74.8. The van der Waals surface area contributed by atoms with Crippen LogP contribution in [0.3, 0.4) is 0 Å². The number of nitrogens with one attached hydrogen (secondary N) is 6. The summed E-state index contributed by atoms with van der Waals surface area (Å²) in [6, 6.07) is 0. The van der Waals surface area contributed by atoms with Crippen LogP contribution >= 0.6 is 0 Å². The maximum atomic E-state index is 13.1. The van der Waals surface area contributed by atoms with E-state index in [1.54, 1.807) is 62.3 Å². The van der Waals surface area contributed by atoms with Crippen LogP contribution in [0.15, 0.2) is 0 Å². The molecule has 0 heterocycles. The van der Waals surface area contributed by atoms with Crippen LogP contribution in [0.4, 0.5) is 14.4 Å². The number of rotatable bonds is 12. The second-order valence-electron chi connectivity index (χ2n) is 14.0. The summed E-state index contributed by atoms with van der Waals surface area (Å²) in [5.74, 6) is -2.91. The van der Waals surface area contributed by atoms with Crippen LogP contribution in [0.25, 0.3) is 0 Å². The topological polar surface area (TPSA) is 202 Å². The van der Waals surface area contributed by atoms with E-state index >= 15 is 0 Å². The van der Waals surface area contributed by atoms with Crippen molar-refractivity contribution < 1.29 is 43.0 Å². The summed E-state index contributed by atoms with van der Waals surface area (Å²) in [6.45, 7) is 16.5. The van der Waals surface area contributed by atoms with Crippen molar-refractivity contribution in [2.24, 2.45) is 17.8 Å². The van der Waals surface area contributed by atoms with E-state index in [9.17, 15) is 28.8 Å². The molecule has 0 atom stereocenters. The smallest absolute Gasteiger partial charge is 0.407 e. The van der Waals surface area contributed by atoms with E-state index in [1.165, 1.54) is 0 Å². The molecule has 1 saturated carbocycles. The Morgan fingerprint density at radius 1 is 0.422 bits per heavy atom. The van der Waals surface area contributed by atoms with Gasteiger partial charge in [0, 0.05) is 57.0 Å². The first-order valence-electron chi connectivity index (χ1n) is 15.4. The zero-order valence-electron chi connectivity index (χ0n) is 28.3. The number of carbonyl (C=O) groups excluding carboxylic acids is 6. The molecule has 1 rings (SSSR count). The van der Waals surface area contributed by atoms with E-state index in [0.29, 0.717) is 0 Å². The SMILES string of the molecule is CC(C)(C)OC(=O)NCCNC(=O)C1CC(C(=O)NCCNC(=O)OC(C)(C)C)CC(C(=O)NCCNC(=O)OC(C)(C)C)C1. The predicted octanol–water partition coefficient (Wildman–Crippen LogP) is 1.94. The van der Waals surface area contributed by atoms with E-state index in [1.807, 2.05) is 0 Å². The Balaban J connectivity index is 2.73. The molecule has 45 heavy (non-hydrogen) atoms.